The highest BCUT2D eigenvalue weighted by molar-refractivity contribution is 6.03. The van der Waals surface area contributed by atoms with E-state index in [4.69, 9.17) is 4.74 Å². The van der Waals surface area contributed by atoms with Crippen molar-refractivity contribution in [1.29, 1.82) is 0 Å². The molecule has 0 radical (unpaired) electrons. The topological polar surface area (TPSA) is 113 Å². The second-order valence-corrected chi connectivity index (χ2v) is 8.63. The number of hydrogen-bond donors (Lipinski definition) is 3. The molecule has 2 aromatic carbocycles. The maximum Gasteiger partial charge on any atom is 0.330 e. The fourth-order valence-electron chi connectivity index (χ4n) is 4.30. The lowest BCUT2D eigenvalue weighted by Gasteiger charge is -2.33. The number of esters is 1. The average Bonchev–Trinajstić information content (AvgIpc) is 2.98. The highest BCUT2D eigenvalue weighted by Crippen LogP contribution is 2.43. The number of pyridine rings is 2. The molecule has 1 amide bonds. The molecule has 3 N–H and O–H groups in total. The maximum absolute atomic E-state index is 12.7. The van der Waals surface area contributed by atoms with Gasteiger partial charge in [0.2, 0.25) is 5.91 Å². The number of benzene rings is 2. The first kappa shape index (κ1) is 27.2. The van der Waals surface area contributed by atoms with Crippen LogP contribution in [0.5, 0.6) is 0 Å². The number of aliphatic hydroxyl groups is 1. The Morgan fingerprint density at radius 2 is 1.56 bits per heavy atom. The van der Waals surface area contributed by atoms with Crippen LogP contribution in [0.3, 0.4) is 0 Å². The molecule has 3 atom stereocenters. The Morgan fingerprint density at radius 1 is 0.872 bits per heavy atom. The van der Waals surface area contributed by atoms with E-state index in [1.807, 2.05) is 78.9 Å². The fraction of sp³-hybridized carbons (Fsp3) is 0.161. The van der Waals surface area contributed by atoms with Gasteiger partial charge in [-0.15, -0.1) is 0 Å². The van der Waals surface area contributed by atoms with Gasteiger partial charge in [0.15, 0.2) is 0 Å². The van der Waals surface area contributed by atoms with Gasteiger partial charge in [-0.2, -0.15) is 0 Å². The van der Waals surface area contributed by atoms with Gasteiger partial charge in [0, 0.05) is 35.9 Å². The summed E-state index contributed by atoms with van der Waals surface area (Å²) in [7, 11) is 0. The van der Waals surface area contributed by atoms with Crippen molar-refractivity contribution in [2.75, 3.05) is 17.2 Å². The number of aliphatic hydroxyl groups excluding tert-OH is 1. The molecule has 0 aliphatic heterocycles. The van der Waals surface area contributed by atoms with Crippen molar-refractivity contribution in [3.63, 3.8) is 0 Å². The van der Waals surface area contributed by atoms with Crippen LogP contribution in [-0.2, 0) is 14.3 Å². The standard InChI is InChI=1S/C31H30N4O4/c1-2-39-28(37)19-18-27(36)34-24-15-7-6-14-23(24)30(35-26-17-9-11-21-33-26)29(25-16-8-10-20-32-25)31(38)22-12-4-3-5-13-22/h3-21,29-31,38H,2H2,1H3,(H,33,35)(H,34,36)/t29-,30+,31+/m0/s1. The van der Waals surface area contributed by atoms with Crippen molar-refractivity contribution in [2.24, 2.45) is 0 Å². The molecule has 0 aliphatic carbocycles. The van der Waals surface area contributed by atoms with Crippen molar-refractivity contribution in [3.8, 4) is 0 Å². The van der Waals surface area contributed by atoms with Gasteiger partial charge in [-0.3, -0.25) is 9.78 Å². The van der Waals surface area contributed by atoms with Gasteiger partial charge >= 0.3 is 5.97 Å². The third kappa shape index (κ3) is 7.37. The summed E-state index contributed by atoms with van der Waals surface area (Å²) in [6, 6.07) is 27.2. The van der Waals surface area contributed by atoms with Crippen LogP contribution in [0.4, 0.5) is 11.5 Å². The van der Waals surface area contributed by atoms with E-state index >= 15 is 0 Å². The molecular weight excluding hydrogens is 492 g/mol. The third-order valence-electron chi connectivity index (χ3n) is 6.05. The summed E-state index contributed by atoms with van der Waals surface area (Å²) in [6.45, 7) is 1.91. The largest absolute Gasteiger partial charge is 0.463 e. The molecule has 4 aromatic rings. The van der Waals surface area contributed by atoms with E-state index in [1.54, 1.807) is 31.5 Å². The second kappa shape index (κ2) is 13.6. The van der Waals surface area contributed by atoms with Crippen LogP contribution < -0.4 is 10.6 Å². The van der Waals surface area contributed by atoms with Crippen LogP contribution in [0.1, 0.15) is 41.8 Å². The van der Waals surface area contributed by atoms with Gasteiger partial charge in [0.05, 0.1) is 24.7 Å². The lowest BCUT2D eigenvalue weighted by molar-refractivity contribution is -0.137. The summed E-state index contributed by atoms with van der Waals surface area (Å²) in [5.74, 6) is -1.09. The number of para-hydroxylation sites is 1. The zero-order chi connectivity index (χ0) is 27.5. The van der Waals surface area contributed by atoms with Crippen molar-refractivity contribution < 1.29 is 19.4 Å². The molecule has 8 heteroatoms. The van der Waals surface area contributed by atoms with Gasteiger partial charge < -0.3 is 20.5 Å². The first-order valence-corrected chi connectivity index (χ1v) is 12.6. The van der Waals surface area contributed by atoms with E-state index in [1.165, 1.54) is 0 Å². The molecule has 0 unspecified atom stereocenters. The minimum atomic E-state index is -0.949. The summed E-state index contributed by atoms with van der Waals surface area (Å²) in [5.41, 5.74) is 2.59. The van der Waals surface area contributed by atoms with Crippen molar-refractivity contribution in [2.45, 2.75) is 25.0 Å². The first-order valence-electron chi connectivity index (χ1n) is 12.6. The number of rotatable bonds is 11. The van der Waals surface area contributed by atoms with Crippen molar-refractivity contribution >= 4 is 23.4 Å². The minimum absolute atomic E-state index is 0.215. The Balaban J connectivity index is 1.79. The van der Waals surface area contributed by atoms with E-state index in [-0.39, 0.29) is 6.61 Å². The summed E-state index contributed by atoms with van der Waals surface area (Å²) in [6.07, 6.45) is 4.63. The molecule has 4 rings (SSSR count). The van der Waals surface area contributed by atoms with Gasteiger partial charge in [-0.25, -0.2) is 9.78 Å². The van der Waals surface area contributed by atoms with Gasteiger partial charge in [0.1, 0.15) is 5.82 Å². The Hall–Kier alpha value is -4.82. The summed E-state index contributed by atoms with van der Waals surface area (Å²) >= 11 is 0. The number of carbonyl (C=O) groups is 2. The van der Waals surface area contributed by atoms with Crippen molar-refractivity contribution in [3.05, 3.63) is 132 Å². The predicted molar refractivity (Wildman–Crippen MR) is 150 cm³/mol. The van der Waals surface area contributed by atoms with Crippen LogP contribution in [0, 0.1) is 0 Å². The van der Waals surface area contributed by atoms with Crippen LogP contribution >= 0.6 is 0 Å². The Morgan fingerprint density at radius 3 is 2.26 bits per heavy atom. The molecule has 0 bridgehead atoms. The molecule has 198 valence electrons. The van der Waals surface area contributed by atoms with E-state index in [0.717, 1.165) is 17.7 Å². The van der Waals surface area contributed by atoms with E-state index in [0.29, 0.717) is 22.8 Å². The number of aromatic nitrogens is 2. The van der Waals surface area contributed by atoms with Crippen LogP contribution in [0.25, 0.3) is 0 Å². The smallest absolute Gasteiger partial charge is 0.330 e. The molecule has 39 heavy (non-hydrogen) atoms. The Kier molecular flexibility index (Phi) is 9.52. The van der Waals surface area contributed by atoms with Gasteiger partial charge in [-0.1, -0.05) is 60.7 Å². The second-order valence-electron chi connectivity index (χ2n) is 8.63. The number of ether oxygens (including phenoxy) is 1. The normalized spacial score (nSPS) is 13.3. The number of carbonyl (C=O) groups excluding carboxylic acids is 2. The van der Waals surface area contributed by atoms with Crippen molar-refractivity contribution in [1.82, 2.24) is 9.97 Å². The maximum atomic E-state index is 12.7. The lowest BCUT2D eigenvalue weighted by Crippen LogP contribution is -2.27. The molecule has 8 nitrogen and oxygen atoms in total. The molecule has 2 aromatic heterocycles. The molecule has 0 aliphatic rings. The number of nitrogens with one attached hydrogen (secondary N) is 2. The fourth-order valence-corrected chi connectivity index (χ4v) is 4.30. The summed E-state index contributed by atoms with van der Waals surface area (Å²) in [4.78, 5) is 33.5. The highest BCUT2D eigenvalue weighted by Gasteiger charge is 2.35. The molecule has 0 fully saturated rings. The SMILES string of the molecule is CCOC(=O)C=CC(=O)Nc1ccccc1[C@@H](Nc1ccccn1)[C@H](c1ccccn1)[C@H](O)c1ccccc1. The molecule has 0 spiro atoms. The van der Waals surface area contributed by atoms with Crippen LogP contribution in [0.15, 0.2) is 116 Å². The quantitative estimate of drug-likeness (QED) is 0.183. The summed E-state index contributed by atoms with van der Waals surface area (Å²) < 4.78 is 4.86. The predicted octanol–water partition coefficient (Wildman–Crippen LogP) is 5.21. The van der Waals surface area contributed by atoms with Crippen LogP contribution in [0.2, 0.25) is 0 Å². The van der Waals surface area contributed by atoms with Crippen LogP contribution in [-0.4, -0.2) is 33.6 Å². The highest BCUT2D eigenvalue weighted by atomic mass is 16.5. The number of amides is 1. The molecule has 0 saturated carbocycles. The van der Waals surface area contributed by atoms with E-state index in [9.17, 15) is 14.7 Å². The molecule has 2 heterocycles. The van der Waals surface area contributed by atoms with Gasteiger partial charge in [-0.05, 0) is 48.4 Å². The van der Waals surface area contributed by atoms with E-state index < -0.39 is 29.9 Å². The van der Waals surface area contributed by atoms with Gasteiger partial charge in [0.25, 0.3) is 0 Å². The lowest BCUT2D eigenvalue weighted by atomic mass is 9.82. The minimum Gasteiger partial charge on any atom is -0.463 e. The Labute approximate surface area is 227 Å². The zero-order valence-corrected chi connectivity index (χ0v) is 21.5. The monoisotopic (exact) mass is 522 g/mol. The number of nitrogens with zero attached hydrogens (tertiary/aromatic N) is 2. The molecule has 0 saturated heterocycles. The average molecular weight is 523 g/mol. The number of hydrogen-bond acceptors (Lipinski definition) is 7. The Bertz CT molecular complexity index is 1380. The number of anilines is 2. The van der Waals surface area contributed by atoms with E-state index in [2.05, 4.69) is 20.6 Å². The zero-order valence-electron chi connectivity index (χ0n) is 21.5. The first-order chi connectivity index (χ1) is 19.1. The molecular formula is C31H30N4O4. The third-order valence-corrected chi connectivity index (χ3v) is 6.05. The summed E-state index contributed by atoms with van der Waals surface area (Å²) in [5, 5.41) is 18.1.